The molecule has 0 spiro atoms. The van der Waals surface area contributed by atoms with Gasteiger partial charge in [0.1, 0.15) is 5.54 Å². The number of nitrogens with two attached hydrogens (primary N) is 1. The van der Waals surface area contributed by atoms with Gasteiger partial charge >= 0.3 is 0 Å². The van der Waals surface area contributed by atoms with E-state index in [-0.39, 0.29) is 12.5 Å². The maximum absolute atomic E-state index is 12.0. The van der Waals surface area contributed by atoms with E-state index < -0.39 is 5.54 Å². The van der Waals surface area contributed by atoms with E-state index in [4.69, 9.17) is 10.5 Å². The summed E-state index contributed by atoms with van der Waals surface area (Å²) in [4.78, 5) is 12.0. The number of carbonyl (C=O) groups is 1. The van der Waals surface area contributed by atoms with Crippen LogP contribution in [0.5, 0.6) is 0 Å². The van der Waals surface area contributed by atoms with Crippen LogP contribution in [-0.2, 0) is 9.53 Å². The number of ether oxygens (including phenoxy) is 1. The van der Waals surface area contributed by atoms with Crippen LogP contribution in [0.2, 0.25) is 0 Å². The van der Waals surface area contributed by atoms with E-state index in [2.05, 4.69) is 37.2 Å². The number of hydrogen-bond donors (Lipinski definition) is 2. The Morgan fingerprint density at radius 3 is 2.82 bits per heavy atom. The first kappa shape index (κ1) is 13.0. The van der Waals surface area contributed by atoms with Crippen LogP contribution in [0.4, 0.5) is 5.69 Å². The van der Waals surface area contributed by atoms with Crippen LogP contribution in [0.15, 0.2) is 27.1 Å². The van der Waals surface area contributed by atoms with Crippen LogP contribution in [0.25, 0.3) is 0 Å². The molecule has 6 heteroatoms. The number of anilines is 1. The average Bonchev–Trinajstić information content (AvgIpc) is 2.71. The highest BCUT2D eigenvalue weighted by atomic mass is 79.9. The van der Waals surface area contributed by atoms with Gasteiger partial charge in [-0.25, -0.2) is 0 Å². The van der Waals surface area contributed by atoms with Gasteiger partial charge in [0.25, 0.3) is 0 Å². The Kier molecular flexibility index (Phi) is 3.87. The molecule has 1 heterocycles. The van der Waals surface area contributed by atoms with Gasteiger partial charge in [0, 0.05) is 15.6 Å². The molecule has 3 N–H and O–H groups in total. The number of halogens is 2. The van der Waals surface area contributed by atoms with Gasteiger partial charge in [-0.3, -0.25) is 4.79 Å². The molecule has 0 saturated carbocycles. The van der Waals surface area contributed by atoms with E-state index in [9.17, 15) is 4.79 Å². The van der Waals surface area contributed by atoms with Crippen LogP contribution in [0.1, 0.15) is 6.42 Å². The highest BCUT2D eigenvalue weighted by Crippen LogP contribution is 2.27. The number of carbonyl (C=O) groups excluding carboxylic acids is 1. The molecular weight excluding hydrogens is 352 g/mol. The minimum atomic E-state index is -0.910. The average molecular weight is 364 g/mol. The Morgan fingerprint density at radius 2 is 2.24 bits per heavy atom. The monoisotopic (exact) mass is 362 g/mol. The summed E-state index contributed by atoms with van der Waals surface area (Å²) in [5, 5.41) is 2.81. The fourth-order valence-electron chi connectivity index (χ4n) is 1.60. The van der Waals surface area contributed by atoms with E-state index in [1.807, 2.05) is 18.2 Å². The summed E-state index contributed by atoms with van der Waals surface area (Å²) in [5.74, 6) is -0.210. The molecule has 1 amide bonds. The van der Waals surface area contributed by atoms with Crippen molar-refractivity contribution in [2.75, 3.05) is 18.5 Å². The first-order chi connectivity index (χ1) is 8.01. The summed E-state index contributed by atoms with van der Waals surface area (Å²) in [6, 6.07) is 5.53. The molecule has 92 valence electrons. The summed E-state index contributed by atoms with van der Waals surface area (Å²) in [6.07, 6.45) is 0.549. The van der Waals surface area contributed by atoms with Crippen LogP contribution in [-0.4, -0.2) is 24.7 Å². The highest BCUT2D eigenvalue weighted by molar-refractivity contribution is 9.11. The number of benzene rings is 1. The quantitative estimate of drug-likeness (QED) is 0.847. The van der Waals surface area contributed by atoms with E-state index in [1.165, 1.54) is 0 Å². The van der Waals surface area contributed by atoms with Crippen molar-refractivity contribution < 1.29 is 9.53 Å². The molecule has 1 atom stereocenters. The van der Waals surface area contributed by atoms with Crippen molar-refractivity contribution in [3.05, 3.63) is 27.1 Å². The molecular formula is C11H12Br2N2O2. The van der Waals surface area contributed by atoms with Crippen molar-refractivity contribution in [2.45, 2.75) is 12.0 Å². The zero-order chi connectivity index (χ0) is 12.5. The van der Waals surface area contributed by atoms with Crippen LogP contribution >= 0.6 is 31.9 Å². The Labute approximate surface area is 116 Å². The van der Waals surface area contributed by atoms with Gasteiger partial charge in [0.15, 0.2) is 0 Å². The Morgan fingerprint density at radius 1 is 1.47 bits per heavy atom. The number of nitrogens with one attached hydrogen (secondary N) is 1. The topological polar surface area (TPSA) is 64.4 Å². The predicted molar refractivity (Wildman–Crippen MR) is 72.8 cm³/mol. The molecule has 1 fully saturated rings. The molecule has 4 nitrogen and oxygen atoms in total. The molecule has 2 rings (SSSR count). The number of rotatable bonds is 2. The van der Waals surface area contributed by atoms with Gasteiger partial charge in [-0.15, -0.1) is 0 Å². The summed E-state index contributed by atoms with van der Waals surface area (Å²) < 4.78 is 6.91. The molecule has 1 aliphatic heterocycles. The third-order valence-electron chi connectivity index (χ3n) is 2.68. The Hall–Kier alpha value is -0.430. The van der Waals surface area contributed by atoms with Gasteiger partial charge in [-0.1, -0.05) is 15.9 Å². The highest BCUT2D eigenvalue weighted by Gasteiger charge is 2.38. The van der Waals surface area contributed by atoms with Crippen molar-refractivity contribution >= 4 is 43.5 Å². The minimum Gasteiger partial charge on any atom is -0.379 e. The predicted octanol–water partition coefficient (Wildman–Crippen LogP) is 2.27. The second-order valence-electron chi connectivity index (χ2n) is 4.04. The summed E-state index contributed by atoms with van der Waals surface area (Å²) in [5.41, 5.74) is 5.76. The van der Waals surface area contributed by atoms with Crippen LogP contribution in [0.3, 0.4) is 0 Å². The lowest BCUT2D eigenvalue weighted by molar-refractivity contribution is -0.121. The second-order valence-corrected chi connectivity index (χ2v) is 5.81. The fraction of sp³-hybridized carbons (Fsp3) is 0.364. The third kappa shape index (κ3) is 2.88. The molecule has 1 aliphatic rings. The van der Waals surface area contributed by atoms with Crippen molar-refractivity contribution in [3.63, 3.8) is 0 Å². The summed E-state index contributed by atoms with van der Waals surface area (Å²) >= 11 is 6.74. The molecule has 1 aromatic carbocycles. The maximum atomic E-state index is 12.0. The van der Waals surface area contributed by atoms with E-state index >= 15 is 0 Å². The molecule has 0 bridgehead atoms. The van der Waals surface area contributed by atoms with Gasteiger partial charge in [-0.05, 0) is 40.5 Å². The van der Waals surface area contributed by atoms with Crippen LogP contribution < -0.4 is 11.1 Å². The standard InChI is InChI=1S/C11H12Br2N2O2/c12-7-1-2-9(8(13)5-7)15-10(16)11(14)3-4-17-6-11/h1-2,5H,3-4,6,14H2,(H,15,16). The Balaban J connectivity index is 2.13. The largest absolute Gasteiger partial charge is 0.379 e. The molecule has 1 aromatic rings. The fourth-order valence-corrected chi connectivity index (χ4v) is 2.74. The second kappa shape index (κ2) is 5.06. The summed E-state index contributed by atoms with van der Waals surface area (Å²) in [6.45, 7) is 0.804. The Bertz CT molecular complexity index is 445. The molecule has 1 unspecified atom stereocenters. The zero-order valence-electron chi connectivity index (χ0n) is 9.00. The molecule has 1 saturated heterocycles. The number of hydrogen-bond acceptors (Lipinski definition) is 3. The van der Waals surface area contributed by atoms with E-state index in [1.54, 1.807) is 0 Å². The molecule has 17 heavy (non-hydrogen) atoms. The molecule has 0 radical (unpaired) electrons. The smallest absolute Gasteiger partial charge is 0.246 e. The van der Waals surface area contributed by atoms with E-state index in [0.29, 0.717) is 18.7 Å². The van der Waals surface area contributed by atoms with Gasteiger partial charge < -0.3 is 15.8 Å². The first-order valence-electron chi connectivity index (χ1n) is 5.14. The molecule has 0 aliphatic carbocycles. The lowest BCUT2D eigenvalue weighted by Gasteiger charge is -2.21. The van der Waals surface area contributed by atoms with Gasteiger partial charge in [0.2, 0.25) is 5.91 Å². The maximum Gasteiger partial charge on any atom is 0.246 e. The van der Waals surface area contributed by atoms with Crippen LogP contribution in [0, 0.1) is 0 Å². The SMILES string of the molecule is NC1(C(=O)Nc2ccc(Br)cc2Br)CCOC1. The lowest BCUT2D eigenvalue weighted by Crippen LogP contribution is -2.51. The summed E-state index contributed by atoms with van der Waals surface area (Å²) in [7, 11) is 0. The third-order valence-corrected chi connectivity index (χ3v) is 3.83. The van der Waals surface area contributed by atoms with Gasteiger partial charge in [0.05, 0.1) is 12.3 Å². The van der Waals surface area contributed by atoms with Crippen molar-refractivity contribution in [3.8, 4) is 0 Å². The van der Waals surface area contributed by atoms with Crippen molar-refractivity contribution in [1.82, 2.24) is 0 Å². The molecule has 0 aromatic heterocycles. The minimum absolute atomic E-state index is 0.210. The van der Waals surface area contributed by atoms with E-state index in [0.717, 1.165) is 8.95 Å². The van der Waals surface area contributed by atoms with Gasteiger partial charge in [-0.2, -0.15) is 0 Å². The van der Waals surface area contributed by atoms with Crippen molar-refractivity contribution in [2.24, 2.45) is 5.73 Å². The normalized spacial score (nSPS) is 23.7. The number of amides is 1. The lowest BCUT2D eigenvalue weighted by atomic mass is 9.99. The first-order valence-corrected chi connectivity index (χ1v) is 6.73. The zero-order valence-corrected chi connectivity index (χ0v) is 12.2. The van der Waals surface area contributed by atoms with Crippen molar-refractivity contribution in [1.29, 1.82) is 0 Å².